The third kappa shape index (κ3) is 22.1. The molecule has 0 saturated carbocycles. The minimum absolute atomic E-state index is 0.436. The fraction of sp³-hybridized carbons (Fsp3) is 0.375. The summed E-state index contributed by atoms with van der Waals surface area (Å²) in [6.07, 6.45) is 12.4. The van der Waals surface area contributed by atoms with E-state index < -0.39 is 0 Å². The van der Waals surface area contributed by atoms with Gasteiger partial charge in [-0.15, -0.1) is 0 Å². The number of nitrogens with zero attached hydrogens (tertiary/aromatic N) is 6. The zero-order valence-electron chi connectivity index (χ0n) is 35.0. The van der Waals surface area contributed by atoms with Crippen molar-refractivity contribution in [3.05, 3.63) is 181 Å². The molecular formula is C48H66N6. The molecule has 6 rings (SSSR count). The van der Waals surface area contributed by atoms with Crippen LogP contribution in [0.5, 0.6) is 0 Å². The molecule has 0 bridgehead atoms. The number of pyridine rings is 2. The molecule has 4 aromatic heterocycles. The summed E-state index contributed by atoms with van der Waals surface area (Å²) in [4.78, 5) is 24.5. The molecule has 0 unspecified atom stereocenters. The molecule has 288 valence electrons. The van der Waals surface area contributed by atoms with Crippen LogP contribution >= 0.6 is 0 Å². The highest BCUT2D eigenvalue weighted by Crippen LogP contribution is 2.13. The van der Waals surface area contributed by atoms with E-state index in [2.05, 4.69) is 162 Å². The second-order valence-corrected chi connectivity index (χ2v) is 14.5. The van der Waals surface area contributed by atoms with E-state index >= 15 is 0 Å². The first-order valence-electron chi connectivity index (χ1n) is 19.3. The van der Waals surface area contributed by atoms with E-state index in [9.17, 15) is 0 Å². The van der Waals surface area contributed by atoms with Crippen molar-refractivity contribution in [2.75, 3.05) is 0 Å². The van der Waals surface area contributed by atoms with Crippen LogP contribution in [0.25, 0.3) is 0 Å². The molecule has 0 saturated heterocycles. The molecule has 2 aromatic carbocycles. The Morgan fingerprint density at radius 3 is 0.889 bits per heavy atom. The topological polar surface area (TPSA) is 77.3 Å². The molecule has 6 aromatic rings. The van der Waals surface area contributed by atoms with Crippen LogP contribution in [-0.2, 0) is 0 Å². The van der Waals surface area contributed by atoms with Crippen molar-refractivity contribution in [3.63, 3.8) is 0 Å². The van der Waals surface area contributed by atoms with Crippen LogP contribution in [0.15, 0.2) is 147 Å². The maximum absolute atomic E-state index is 4.18. The Balaban J connectivity index is 0.000000324. The van der Waals surface area contributed by atoms with Crippen molar-refractivity contribution >= 4 is 0 Å². The first-order valence-corrected chi connectivity index (χ1v) is 19.3. The highest BCUT2D eigenvalue weighted by molar-refractivity contribution is 5.18. The maximum atomic E-state index is 4.18. The van der Waals surface area contributed by atoms with Crippen LogP contribution in [0.1, 0.15) is 153 Å². The Kier molecular flexibility index (Phi) is 24.7. The summed E-state index contributed by atoms with van der Waals surface area (Å²) in [5.74, 6) is 4.25. The van der Waals surface area contributed by atoms with Gasteiger partial charge in [0.15, 0.2) is 0 Å². The Morgan fingerprint density at radius 2 is 0.667 bits per heavy atom. The number of hydrogen-bond acceptors (Lipinski definition) is 6. The molecular weight excluding hydrogens is 661 g/mol. The normalized spacial score (nSPS) is 10.1. The van der Waals surface area contributed by atoms with E-state index in [1.54, 1.807) is 31.0 Å². The summed E-state index contributed by atoms with van der Waals surface area (Å²) in [6.45, 7) is 25.7. The summed E-state index contributed by atoms with van der Waals surface area (Å²) in [7, 11) is 0. The van der Waals surface area contributed by atoms with Crippen LogP contribution in [0, 0.1) is 0 Å². The minimum Gasteiger partial charge on any atom is -0.261 e. The predicted octanol–water partition coefficient (Wildman–Crippen LogP) is 13.2. The molecule has 0 N–H and O–H groups in total. The van der Waals surface area contributed by atoms with Crippen molar-refractivity contribution in [2.45, 2.75) is 119 Å². The Bertz CT molecular complexity index is 1340. The molecule has 0 spiro atoms. The van der Waals surface area contributed by atoms with Gasteiger partial charge in [0.1, 0.15) is 5.82 Å². The quantitative estimate of drug-likeness (QED) is 0.170. The van der Waals surface area contributed by atoms with Gasteiger partial charge in [-0.05, 0) is 71.0 Å². The molecule has 0 aliphatic rings. The second kappa shape index (κ2) is 28.4. The summed E-state index contributed by atoms with van der Waals surface area (Å²) in [6, 6.07) is 34.9. The number of hydrogen-bond donors (Lipinski definition) is 0. The van der Waals surface area contributed by atoms with Gasteiger partial charge < -0.3 is 0 Å². The molecule has 6 nitrogen and oxygen atoms in total. The monoisotopic (exact) mass is 727 g/mol. The lowest BCUT2D eigenvalue weighted by atomic mass is 10.0. The Morgan fingerprint density at radius 1 is 0.296 bits per heavy atom. The smallest absolute Gasteiger partial charge is 0.130 e. The van der Waals surface area contributed by atoms with Gasteiger partial charge >= 0.3 is 0 Å². The summed E-state index contributed by atoms with van der Waals surface area (Å²) in [5.41, 5.74) is 6.21. The molecule has 0 aliphatic heterocycles. The molecule has 4 heterocycles. The zero-order chi connectivity index (χ0) is 40.1. The van der Waals surface area contributed by atoms with E-state index in [0.717, 1.165) is 22.9 Å². The number of rotatable bonds is 6. The molecule has 0 fully saturated rings. The van der Waals surface area contributed by atoms with Gasteiger partial charge in [-0.3, -0.25) is 19.9 Å². The molecule has 0 amide bonds. The lowest BCUT2D eigenvalue weighted by Crippen LogP contribution is -1.93. The fourth-order valence-corrected chi connectivity index (χ4v) is 4.33. The van der Waals surface area contributed by atoms with Gasteiger partial charge in [0, 0.05) is 60.7 Å². The molecule has 0 aliphatic carbocycles. The van der Waals surface area contributed by atoms with Crippen LogP contribution < -0.4 is 0 Å². The Hall–Kier alpha value is -5.10. The molecule has 6 heteroatoms. The second-order valence-electron chi connectivity index (χ2n) is 14.5. The van der Waals surface area contributed by atoms with Gasteiger partial charge in [-0.1, -0.05) is 156 Å². The van der Waals surface area contributed by atoms with Crippen LogP contribution in [0.2, 0.25) is 0 Å². The van der Waals surface area contributed by atoms with Crippen molar-refractivity contribution in [1.29, 1.82) is 0 Å². The van der Waals surface area contributed by atoms with Gasteiger partial charge in [0.05, 0.1) is 5.69 Å². The first kappa shape index (κ1) is 46.9. The number of benzene rings is 2. The van der Waals surface area contributed by atoms with Crippen molar-refractivity contribution < 1.29 is 0 Å². The lowest BCUT2D eigenvalue weighted by Gasteiger charge is -2.01. The summed E-state index contributed by atoms with van der Waals surface area (Å²) < 4.78 is 0. The van der Waals surface area contributed by atoms with Gasteiger partial charge in [-0.2, -0.15) is 0 Å². The highest BCUT2D eigenvalue weighted by Gasteiger charge is 1.99. The van der Waals surface area contributed by atoms with E-state index in [0.29, 0.717) is 35.5 Å². The third-order valence-corrected chi connectivity index (χ3v) is 7.77. The maximum Gasteiger partial charge on any atom is 0.130 e. The van der Waals surface area contributed by atoms with Crippen LogP contribution in [-0.4, -0.2) is 29.9 Å². The largest absolute Gasteiger partial charge is 0.261 e. The van der Waals surface area contributed by atoms with Crippen molar-refractivity contribution in [1.82, 2.24) is 29.9 Å². The van der Waals surface area contributed by atoms with Crippen LogP contribution in [0.3, 0.4) is 0 Å². The standard InChI is InChI=1S/2C9H12.2C8H11N.2C7H10N2/c2*1-8(2)9-6-4-3-5-7-9;2*1-7(2)8-5-3-4-6-9-8;1-6(2)7-5-8-3-4-9-7;1-6(2)7-8-4-3-5-9-7/h2*3-8H,1-2H3;2*3-7H,1-2H3;2*3-6H,1-2H3. The van der Waals surface area contributed by atoms with Crippen molar-refractivity contribution in [3.8, 4) is 0 Å². The summed E-state index contributed by atoms with van der Waals surface area (Å²) >= 11 is 0. The van der Waals surface area contributed by atoms with Gasteiger partial charge in [0.25, 0.3) is 0 Å². The zero-order valence-corrected chi connectivity index (χ0v) is 35.0. The highest BCUT2D eigenvalue weighted by atomic mass is 14.9. The number of aromatic nitrogens is 6. The lowest BCUT2D eigenvalue weighted by molar-refractivity contribution is 0.774. The average Bonchev–Trinajstić information content (AvgIpc) is 3.21. The molecule has 54 heavy (non-hydrogen) atoms. The van der Waals surface area contributed by atoms with E-state index in [1.165, 1.54) is 11.1 Å². The third-order valence-electron chi connectivity index (χ3n) is 7.77. The van der Waals surface area contributed by atoms with E-state index in [1.807, 2.05) is 67.0 Å². The fourth-order valence-electron chi connectivity index (χ4n) is 4.33. The van der Waals surface area contributed by atoms with E-state index in [4.69, 9.17) is 0 Å². The predicted molar refractivity (Wildman–Crippen MR) is 230 cm³/mol. The first-order chi connectivity index (χ1) is 25.8. The minimum atomic E-state index is 0.436. The van der Waals surface area contributed by atoms with Gasteiger partial charge in [0.2, 0.25) is 0 Å². The van der Waals surface area contributed by atoms with Crippen molar-refractivity contribution in [2.24, 2.45) is 0 Å². The molecule has 0 atom stereocenters. The van der Waals surface area contributed by atoms with Gasteiger partial charge in [-0.25, -0.2) is 9.97 Å². The molecule has 0 radical (unpaired) electrons. The van der Waals surface area contributed by atoms with Crippen LogP contribution in [0.4, 0.5) is 0 Å². The SMILES string of the molecule is CC(C)c1ccccc1.CC(C)c1ccccc1.CC(C)c1ccccn1.CC(C)c1ccccn1.CC(C)c1cnccn1.CC(C)c1ncccn1. The van der Waals surface area contributed by atoms with E-state index in [-0.39, 0.29) is 0 Å². The average molecular weight is 727 g/mol. The Labute approximate surface area is 328 Å². The summed E-state index contributed by atoms with van der Waals surface area (Å²) in [5, 5.41) is 0.